The Hall–Kier alpha value is -1.88. The molecule has 0 radical (unpaired) electrons. The van der Waals surface area contributed by atoms with Crippen LogP contribution >= 0.6 is 0 Å². The Morgan fingerprint density at radius 2 is 1.79 bits per heavy atom. The standard InChI is InChI=1S/C19H26N2O3/c22-12-9-15-13-19(14-15,18(24)21-10-5-2-6-11-21)20-17(23)16-7-3-1-4-8-16/h1,3-4,7-8,15,22H,2,5-6,9-14H2,(H,20,23). The van der Waals surface area contributed by atoms with Crippen LogP contribution in [-0.2, 0) is 4.79 Å². The van der Waals surface area contributed by atoms with E-state index in [-0.39, 0.29) is 18.4 Å². The molecule has 0 atom stereocenters. The number of amides is 2. The van der Waals surface area contributed by atoms with Gasteiger partial charge in [-0.15, -0.1) is 0 Å². The number of aliphatic hydroxyl groups excluding tert-OH is 1. The van der Waals surface area contributed by atoms with Gasteiger partial charge in [-0.05, 0) is 56.6 Å². The summed E-state index contributed by atoms with van der Waals surface area (Å²) >= 11 is 0. The monoisotopic (exact) mass is 330 g/mol. The van der Waals surface area contributed by atoms with E-state index in [1.807, 2.05) is 23.1 Å². The average molecular weight is 330 g/mol. The summed E-state index contributed by atoms with van der Waals surface area (Å²) in [5.41, 5.74) is -0.210. The second kappa shape index (κ2) is 7.34. The van der Waals surface area contributed by atoms with E-state index in [2.05, 4.69) is 5.32 Å². The topological polar surface area (TPSA) is 69.6 Å². The molecule has 5 nitrogen and oxygen atoms in total. The Morgan fingerprint density at radius 3 is 2.42 bits per heavy atom. The van der Waals surface area contributed by atoms with Gasteiger partial charge in [-0.1, -0.05) is 18.2 Å². The summed E-state index contributed by atoms with van der Waals surface area (Å²) in [5, 5.41) is 12.2. The molecule has 0 aromatic heterocycles. The van der Waals surface area contributed by atoms with Gasteiger partial charge in [0.2, 0.25) is 5.91 Å². The van der Waals surface area contributed by atoms with Crippen molar-refractivity contribution in [1.82, 2.24) is 10.2 Å². The molecule has 2 aliphatic rings. The van der Waals surface area contributed by atoms with Crippen molar-refractivity contribution in [2.24, 2.45) is 5.92 Å². The van der Waals surface area contributed by atoms with Crippen molar-refractivity contribution >= 4 is 11.8 Å². The first-order chi connectivity index (χ1) is 11.6. The third kappa shape index (κ3) is 3.46. The molecule has 130 valence electrons. The molecule has 24 heavy (non-hydrogen) atoms. The normalized spacial score (nSPS) is 26.5. The van der Waals surface area contributed by atoms with E-state index in [0.717, 1.165) is 25.9 Å². The van der Waals surface area contributed by atoms with Crippen LogP contribution in [0.2, 0.25) is 0 Å². The van der Waals surface area contributed by atoms with Crippen molar-refractivity contribution in [1.29, 1.82) is 0 Å². The third-order valence-corrected chi connectivity index (χ3v) is 5.25. The van der Waals surface area contributed by atoms with Crippen LogP contribution in [-0.4, -0.2) is 47.1 Å². The molecule has 2 fully saturated rings. The zero-order valence-corrected chi connectivity index (χ0v) is 14.0. The SMILES string of the molecule is O=C(NC1(C(=O)N2CCCCC2)CC(CCO)C1)c1ccccc1. The predicted molar refractivity (Wildman–Crippen MR) is 91.5 cm³/mol. The molecular formula is C19H26N2O3. The molecule has 2 N–H and O–H groups in total. The van der Waals surface area contributed by atoms with Crippen molar-refractivity contribution in [3.05, 3.63) is 35.9 Å². The highest BCUT2D eigenvalue weighted by Gasteiger charge is 2.52. The zero-order chi connectivity index (χ0) is 17.0. The predicted octanol–water partition coefficient (Wildman–Crippen LogP) is 1.96. The van der Waals surface area contributed by atoms with Gasteiger partial charge in [0.25, 0.3) is 5.91 Å². The minimum Gasteiger partial charge on any atom is -0.396 e. The molecule has 0 bridgehead atoms. The van der Waals surface area contributed by atoms with Crippen LogP contribution in [0, 0.1) is 5.92 Å². The summed E-state index contributed by atoms with van der Waals surface area (Å²) in [6.45, 7) is 1.70. The van der Waals surface area contributed by atoms with Crippen molar-refractivity contribution < 1.29 is 14.7 Å². The lowest BCUT2D eigenvalue weighted by Gasteiger charge is -2.49. The second-order valence-corrected chi connectivity index (χ2v) is 7.04. The number of aliphatic hydroxyl groups is 1. The minimum atomic E-state index is -0.788. The number of piperidine rings is 1. The number of nitrogens with zero attached hydrogens (tertiary/aromatic N) is 1. The van der Waals surface area contributed by atoms with Gasteiger partial charge < -0.3 is 15.3 Å². The van der Waals surface area contributed by atoms with E-state index in [1.165, 1.54) is 6.42 Å². The smallest absolute Gasteiger partial charge is 0.252 e. The Kier molecular flexibility index (Phi) is 5.19. The van der Waals surface area contributed by atoms with Gasteiger partial charge in [-0.3, -0.25) is 9.59 Å². The lowest BCUT2D eigenvalue weighted by atomic mass is 9.66. The number of carbonyl (C=O) groups excluding carboxylic acids is 2. The van der Waals surface area contributed by atoms with Crippen LogP contribution < -0.4 is 5.32 Å². The molecule has 1 saturated carbocycles. The molecule has 0 unspecified atom stereocenters. The quantitative estimate of drug-likeness (QED) is 0.867. The molecule has 0 spiro atoms. The second-order valence-electron chi connectivity index (χ2n) is 7.04. The first-order valence-corrected chi connectivity index (χ1v) is 8.92. The first kappa shape index (κ1) is 17.0. The molecule has 1 aromatic rings. The summed E-state index contributed by atoms with van der Waals surface area (Å²) in [7, 11) is 0. The van der Waals surface area contributed by atoms with E-state index in [0.29, 0.717) is 30.7 Å². The van der Waals surface area contributed by atoms with E-state index in [9.17, 15) is 9.59 Å². The highest BCUT2D eigenvalue weighted by molar-refractivity contribution is 5.99. The summed E-state index contributed by atoms with van der Waals surface area (Å²) in [4.78, 5) is 27.5. The van der Waals surface area contributed by atoms with Gasteiger partial charge >= 0.3 is 0 Å². The fraction of sp³-hybridized carbons (Fsp3) is 0.579. The Bertz CT molecular complexity index is 576. The Morgan fingerprint density at radius 1 is 1.12 bits per heavy atom. The van der Waals surface area contributed by atoms with Gasteiger partial charge in [-0.25, -0.2) is 0 Å². The van der Waals surface area contributed by atoms with Crippen LogP contribution in [0.5, 0.6) is 0 Å². The number of hydrogen-bond donors (Lipinski definition) is 2. The highest BCUT2D eigenvalue weighted by atomic mass is 16.3. The largest absolute Gasteiger partial charge is 0.396 e. The van der Waals surface area contributed by atoms with Gasteiger partial charge in [0.05, 0.1) is 0 Å². The molecule has 1 aromatic carbocycles. The lowest BCUT2D eigenvalue weighted by Crippen LogP contribution is -2.66. The maximum Gasteiger partial charge on any atom is 0.252 e. The van der Waals surface area contributed by atoms with Crippen LogP contribution in [0.25, 0.3) is 0 Å². The van der Waals surface area contributed by atoms with Crippen LogP contribution in [0.4, 0.5) is 0 Å². The van der Waals surface area contributed by atoms with Crippen LogP contribution in [0.3, 0.4) is 0 Å². The van der Waals surface area contributed by atoms with Crippen molar-refractivity contribution in [3.8, 4) is 0 Å². The van der Waals surface area contributed by atoms with Crippen molar-refractivity contribution in [2.45, 2.75) is 44.1 Å². The van der Waals surface area contributed by atoms with Gasteiger partial charge in [-0.2, -0.15) is 0 Å². The molecule has 5 heteroatoms. The molecule has 2 amide bonds. The summed E-state index contributed by atoms with van der Waals surface area (Å²) in [5.74, 6) is 0.170. The molecular weight excluding hydrogens is 304 g/mol. The number of nitrogens with one attached hydrogen (secondary N) is 1. The summed E-state index contributed by atoms with van der Waals surface area (Å²) in [6, 6.07) is 9.04. The zero-order valence-electron chi connectivity index (χ0n) is 14.0. The van der Waals surface area contributed by atoms with E-state index in [4.69, 9.17) is 5.11 Å². The van der Waals surface area contributed by atoms with Gasteiger partial charge in [0, 0.05) is 25.3 Å². The first-order valence-electron chi connectivity index (χ1n) is 8.92. The van der Waals surface area contributed by atoms with E-state index < -0.39 is 5.54 Å². The van der Waals surface area contributed by atoms with E-state index >= 15 is 0 Å². The maximum absolute atomic E-state index is 13.1. The minimum absolute atomic E-state index is 0.0562. The summed E-state index contributed by atoms with van der Waals surface area (Å²) in [6.07, 6.45) is 5.18. The number of hydrogen-bond acceptors (Lipinski definition) is 3. The highest BCUT2D eigenvalue weighted by Crippen LogP contribution is 2.41. The summed E-state index contributed by atoms with van der Waals surface area (Å²) < 4.78 is 0. The van der Waals surface area contributed by atoms with Crippen LogP contribution in [0.15, 0.2) is 30.3 Å². The fourth-order valence-electron chi connectivity index (χ4n) is 3.92. The Labute approximate surface area is 143 Å². The molecule has 1 aliphatic carbocycles. The van der Waals surface area contributed by atoms with Gasteiger partial charge in [0.1, 0.15) is 5.54 Å². The Balaban J connectivity index is 1.73. The average Bonchev–Trinajstić information content (AvgIpc) is 2.60. The molecule has 1 saturated heterocycles. The van der Waals surface area contributed by atoms with Crippen molar-refractivity contribution in [3.63, 3.8) is 0 Å². The number of carbonyl (C=O) groups is 2. The number of likely N-dealkylation sites (tertiary alicyclic amines) is 1. The van der Waals surface area contributed by atoms with Gasteiger partial charge in [0.15, 0.2) is 0 Å². The number of rotatable bonds is 5. The lowest BCUT2D eigenvalue weighted by molar-refractivity contribution is -0.145. The molecule has 3 rings (SSSR count). The maximum atomic E-state index is 13.1. The fourth-order valence-corrected chi connectivity index (χ4v) is 3.92. The molecule has 1 aliphatic heterocycles. The van der Waals surface area contributed by atoms with Crippen LogP contribution in [0.1, 0.15) is 48.9 Å². The number of benzene rings is 1. The molecule has 1 heterocycles. The third-order valence-electron chi connectivity index (χ3n) is 5.25. The van der Waals surface area contributed by atoms with E-state index in [1.54, 1.807) is 12.1 Å². The van der Waals surface area contributed by atoms with Crippen molar-refractivity contribution in [2.75, 3.05) is 19.7 Å².